The molecule has 0 radical (unpaired) electrons. The predicted octanol–water partition coefficient (Wildman–Crippen LogP) is 0.231. The first-order chi connectivity index (χ1) is 9.72. The van der Waals surface area contributed by atoms with E-state index in [1.54, 1.807) is 12.4 Å². The lowest BCUT2D eigenvalue weighted by Crippen LogP contribution is -2.48. The molecule has 0 spiro atoms. The number of carboxylic acids is 1. The van der Waals surface area contributed by atoms with Gasteiger partial charge in [0.15, 0.2) is 5.65 Å². The van der Waals surface area contributed by atoms with Crippen LogP contribution in [0.2, 0.25) is 0 Å². The van der Waals surface area contributed by atoms with Crippen molar-refractivity contribution in [2.75, 3.05) is 37.6 Å². The van der Waals surface area contributed by atoms with Crippen LogP contribution in [0, 0.1) is 0 Å². The fourth-order valence-electron chi connectivity index (χ4n) is 2.35. The molecule has 7 heteroatoms. The Morgan fingerprint density at radius 3 is 2.65 bits per heavy atom. The second-order valence-electron chi connectivity index (χ2n) is 4.73. The number of hydrogen-bond donors (Lipinski definition) is 1. The Balaban J connectivity index is 1.71. The van der Waals surface area contributed by atoms with Crippen LogP contribution < -0.4 is 4.90 Å². The number of pyridine rings is 1. The first kappa shape index (κ1) is 12.7. The van der Waals surface area contributed by atoms with E-state index in [1.807, 2.05) is 17.0 Å². The SMILES string of the molecule is O=C(O)CN1CCN(c2ccc3nccnc3n2)CC1. The highest BCUT2D eigenvalue weighted by Gasteiger charge is 2.19. The molecule has 2 aromatic rings. The molecule has 0 atom stereocenters. The largest absolute Gasteiger partial charge is 0.480 e. The molecule has 2 aromatic heterocycles. The number of nitrogens with zero attached hydrogens (tertiary/aromatic N) is 5. The first-order valence-corrected chi connectivity index (χ1v) is 6.49. The van der Waals surface area contributed by atoms with E-state index in [-0.39, 0.29) is 6.54 Å². The number of piperazine rings is 1. The maximum atomic E-state index is 10.7. The van der Waals surface area contributed by atoms with E-state index in [0.29, 0.717) is 5.65 Å². The summed E-state index contributed by atoms with van der Waals surface area (Å²) < 4.78 is 0. The van der Waals surface area contributed by atoms with Gasteiger partial charge in [-0.2, -0.15) is 0 Å². The third-order valence-electron chi connectivity index (χ3n) is 3.37. The van der Waals surface area contributed by atoms with Crippen LogP contribution in [-0.2, 0) is 4.79 Å². The van der Waals surface area contributed by atoms with Gasteiger partial charge in [-0.15, -0.1) is 0 Å². The third-order valence-corrected chi connectivity index (χ3v) is 3.37. The molecule has 104 valence electrons. The second-order valence-corrected chi connectivity index (χ2v) is 4.73. The lowest BCUT2D eigenvalue weighted by Gasteiger charge is -2.34. The van der Waals surface area contributed by atoms with Crippen LogP contribution in [0.15, 0.2) is 24.5 Å². The fraction of sp³-hybridized carbons (Fsp3) is 0.385. The molecule has 7 nitrogen and oxygen atoms in total. The van der Waals surface area contributed by atoms with E-state index in [1.165, 1.54) is 0 Å². The number of rotatable bonds is 3. The van der Waals surface area contributed by atoms with Gasteiger partial charge >= 0.3 is 5.97 Å². The average Bonchev–Trinajstić information content (AvgIpc) is 2.47. The van der Waals surface area contributed by atoms with Crippen molar-refractivity contribution >= 4 is 23.0 Å². The summed E-state index contributed by atoms with van der Waals surface area (Å²) >= 11 is 0. The molecule has 1 N–H and O–H groups in total. The monoisotopic (exact) mass is 273 g/mol. The Kier molecular flexibility index (Phi) is 3.42. The highest BCUT2D eigenvalue weighted by Crippen LogP contribution is 2.16. The van der Waals surface area contributed by atoms with E-state index in [4.69, 9.17) is 5.11 Å². The number of anilines is 1. The molecule has 0 amide bonds. The second kappa shape index (κ2) is 5.38. The van der Waals surface area contributed by atoms with Crippen molar-refractivity contribution in [1.82, 2.24) is 19.9 Å². The maximum absolute atomic E-state index is 10.7. The van der Waals surface area contributed by atoms with Crippen molar-refractivity contribution in [3.8, 4) is 0 Å². The Bertz CT molecular complexity index is 625. The van der Waals surface area contributed by atoms with Crippen molar-refractivity contribution < 1.29 is 9.90 Å². The van der Waals surface area contributed by atoms with Gasteiger partial charge < -0.3 is 10.0 Å². The molecule has 3 rings (SSSR count). The lowest BCUT2D eigenvalue weighted by atomic mass is 10.3. The molecule has 1 aliphatic heterocycles. The molecule has 1 saturated heterocycles. The van der Waals surface area contributed by atoms with Crippen LogP contribution in [0.25, 0.3) is 11.2 Å². The molecule has 0 aliphatic carbocycles. The summed E-state index contributed by atoms with van der Waals surface area (Å²) in [5.74, 6) is 0.0885. The maximum Gasteiger partial charge on any atom is 0.317 e. The Morgan fingerprint density at radius 1 is 1.15 bits per heavy atom. The molecule has 3 heterocycles. The van der Waals surface area contributed by atoms with Gasteiger partial charge in [0.05, 0.1) is 6.54 Å². The van der Waals surface area contributed by atoms with E-state index in [0.717, 1.165) is 37.5 Å². The zero-order valence-electron chi connectivity index (χ0n) is 10.9. The number of hydrogen-bond acceptors (Lipinski definition) is 6. The predicted molar refractivity (Wildman–Crippen MR) is 73.6 cm³/mol. The normalized spacial score (nSPS) is 16.5. The fourth-order valence-corrected chi connectivity index (χ4v) is 2.35. The van der Waals surface area contributed by atoms with Gasteiger partial charge in [-0.3, -0.25) is 14.7 Å². The topological polar surface area (TPSA) is 82.5 Å². The molecule has 1 fully saturated rings. The van der Waals surface area contributed by atoms with Gasteiger partial charge in [-0.1, -0.05) is 0 Å². The molecule has 0 bridgehead atoms. The summed E-state index contributed by atoms with van der Waals surface area (Å²) in [5.41, 5.74) is 1.42. The summed E-state index contributed by atoms with van der Waals surface area (Å²) in [4.78, 5) is 27.7. The highest BCUT2D eigenvalue weighted by atomic mass is 16.4. The van der Waals surface area contributed by atoms with Crippen molar-refractivity contribution in [2.24, 2.45) is 0 Å². The van der Waals surface area contributed by atoms with E-state index in [9.17, 15) is 4.79 Å². The van der Waals surface area contributed by atoms with Gasteiger partial charge in [0.2, 0.25) is 0 Å². The zero-order chi connectivity index (χ0) is 13.9. The van der Waals surface area contributed by atoms with Gasteiger partial charge in [-0.25, -0.2) is 9.97 Å². The average molecular weight is 273 g/mol. The van der Waals surface area contributed by atoms with Crippen LogP contribution >= 0.6 is 0 Å². The van der Waals surface area contributed by atoms with Crippen molar-refractivity contribution in [1.29, 1.82) is 0 Å². The summed E-state index contributed by atoms with van der Waals surface area (Å²) in [6, 6.07) is 3.85. The van der Waals surface area contributed by atoms with Crippen LogP contribution in [-0.4, -0.2) is 63.7 Å². The summed E-state index contributed by atoms with van der Waals surface area (Å²) in [6.45, 7) is 3.10. The molecule has 0 unspecified atom stereocenters. The Hall–Kier alpha value is -2.28. The number of aliphatic carboxylic acids is 1. The van der Waals surface area contributed by atoms with Crippen molar-refractivity contribution in [3.05, 3.63) is 24.5 Å². The van der Waals surface area contributed by atoms with Crippen LogP contribution in [0.3, 0.4) is 0 Å². The van der Waals surface area contributed by atoms with Gasteiger partial charge in [0.1, 0.15) is 11.3 Å². The van der Waals surface area contributed by atoms with Crippen molar-refractivity contribution in [2.45, 2.75) is 0 Å². The van der Waals surface area contributed by atoms with Gasteiger partial charge in [0.25, 0.3) is 0 Å². The zero-order valence-corrected chi connectivity index (χ0v) is 10.9. The lowest BCUT2D eigenvalue weighted by molar-refractivity contribution is -0.138. The molecule has 20 heavy (non-hydrogen) atoms. The molecule has 1 aliphatic rings. The molecule has 0 saturated carbocycles. The van der Waals surface area contributed by atoms with Crippen LogP contribution in [0.1, 0.15) is 0 Å². The molecule has 0 aromatic carbocycles. The highest BCUT2D eigenvalue weighted by molar-refractivity contribution is 5.71. The van der Waals surface area contributed by atoms with E-state index in [2.05, 4.69) is 19.9 Å². The van der Waals surface area contributed by atoms with E-state index >= 15 is 0 Å². The summed E-state index contributed by atoms with van der Waals surface area (Å²) in [7, 11) is 0. The molecular weight excluding hydrogens is 258 g/mol. The van der Waals surface area contributed by atoms with Crippen LogP contribution in [0.5, 0.6) is 0 Å². The number of fused-ring (bicyclic) bond motifs is 1. The summed E-state index contributed by atoms with van der Waals surface area (Å²) in [5, 5.41) is 8.78. The van der Waals surface area contributed by atoms with Gasteiger partial charge in [0, 0.05) is 38.6 Å². The minimum Gasteiger partial charge on any atom is -0.480 e. The smallest absolute Gasteiger partial charge is 0.317 e. The standard InChI is InChI=1S/C13H15N5O2/c19-12(20)9-17-5-7-18(8-6-17)11-2-1-10-13(16-11)15-4-3-14-10/h1-4H,5-9H2,(H,19,20). The Morgan fingerprint density at radius 2 is 1.90 bits per heavy atom. The minimum atomic E-state index is -0.780. The quantitative estimate of drug-likeness (QED) is 0.857. The number of carboxylic acid groups (broad SMARTS) is 1. The number of aromatic nitrogens is 3. The van der Waals surface area contributed by atoms with E-state index < -0.39 is 5.97 Å². The Labute approximate surface area is 115 Å². The number of carbonyl (C=O) groups is 1. The third kappa shape index (κ3) is 2.67. The first-order valence-electron chi connectivity index (χ1n) is 6.49. The molecular formula is C13H15N5O2. The van der Waals surface area contributed by atoms with Crippen LogP contribution in [0.4, 0.5) is 5.82 Å². The van der Waals surface area contributed by atoms with Gasteiger partial charge in [-0.05, 0) is 12.1 Å². The summed E-state index contributed by atoms with van der Waals surface area (Å²) in [6.07, 6.45) is 3.28. The minimum absolute atomic E-state index is 0.102. The van der Waals surface area contributed by atoms with Crippen molar-refractivity contribution in [3.63, 3.8) is 0 Å².